The zero-order chi connectivity index (χ0) is 20.1. The number of benzene rings is 1. The third-order valence-electron chi connectivity index (χ3n) is 4.13. The molecular formula is C20H19FN2O4. The molecule has 0 fully saturated rings. The van der Waals surface area contributed by atoms with Crippen LogP contribution in [0.1, 0.15) is 34.8 Å². The molecule has 0 spiro atoms. The topological polar surface area (TPSA) is 92.3 Å². The lowest BCUT2D eigenvalue weighted by Crippen LogP contribution is -2.32. The van der Waals surface area contributed by atoms with E-state index in [-0.39, 0.29) is 35.4 Å². The Labute approximate surface area is 155 Å². The van der Waals surface area contributed by atoms with Crippen molar-refractivity contribution in [2.24, 2.45) is 0 Å². The first kappa shape index (κ1) is 19.9. The second kappa shape index (κ2) is 8.32. The predicted molar refractivity (Wildman–Crippen MR) is 97.5 cm³/mol. The normalized spacial score (nSPS) is 11.5. The highest BCUT2D eigenvalue weighted by molar-refractivity contribution is 6.03. The third kappa shape index (κ3) is 3.75. The number of halogens is 1. The van der Waals surface area contributed by atoms with E-state index in [0.717, 1.165) is 4.57 Å². The van der Waals surface area contributed by atoms with Gasteiger partial charge in [0.15, 0.2) is 17.7 Å². The number of hydrogen-bond acceptors (Lipinski definition) is 5. The Morgan fingerprint density at radius 1 is 1.48 bits per heavy atom. The molecule has 1 aromatic carbocycles. The van der Waals surface area contributed by atoms with Gasteiger partial charge in [0.25, 0.3) is 5.56 Å². The summed E-state index contributed by atoms with van der Waals surface area (Å²) in [6.45, 7) is 6.50. The molecule has 1 N–H and O–H groups in total. The molecule has 2 aromatic rings. The van der Waals surface area contributed by atoms with Crippen LogP contribution in [0.2, 0.25) is 0 Å². The standard InChI is InChI=1S/C20H19FN2O4/c1-4-10-23-19(25)13(11-22)12(3)17(20(23)26)18(24)15(5-2)27-16-9-7-6-8-14(16)21/h4,6-9,15,26H,1,5,10H2,2-3H3. The van der Waals surface area contributed by atoms with Crippen LogP contribution in [0.3, 0.4) is 0 Å². The number of rotatable bonds is 7. The molecule has 0 aliphatic rings. The van der Waals surface area contributed by atoms with Crippen LogP contribution >= 0.6 is 0 Å². The smallest absolute Gasteiger partial charge is 0.271 e. The molecule has 1 unspecified atom stereocenters. The fraction of sp³-hybridized carbons (Fsp3) is 0.250. The minimum absolute atomic E-state index is 0.0564. The first-order valence-electron chi connectivity index (χ1n) is 8.30. The second-order valence-corrected chi connectivity index (χ2v) is 5.82. The molecule has 1 atom stereocenters. The summed E-state index contributed by atoms with van der Waals surface area (Å²) in [5.41, 5.74) is -1.11. The summed E-state index contributed by atoms with van der Waals surface area (Å²) < 4.78 is 20.3. The minimum atomic E-state index is -1.10. The van der Waals surface area contributed by atoms with E-state index in [1.165, 1.54) is 31.2 Å². The molecule has 6 nitrogen and oxygen atoms in total. The maximum absolute atomic E-state index is 13.9. The molecule has 0 aliphatic carbocycles. The van der Waals surface area contributed by atoms with E-state index in [1.807, 2.05) is 0 Å². The number of allylic oxidation sites excluding steroid dienone is 1. The summed E-state index contributed by atoms with van der Waals surface area (Å²) in [6.07, 6.45) is 0.445. The quantitative estimate of drug-likeness (QED) is 0.597. The lowest BCUT2D eigenvalue weighted by molar-refractivity contribution is 0.0774. The van der Waals surface area contributed by atoms with Crippen LogP contribution < -0.4 is 10.3 Å². The zero-order valence-corrected chi connectivity index (χ0v) is 15.0. The Hall–Kier alpha value is -3.40. The predicted octanol–water partition coefficient (Wildman–Crippen LogP) is 3.10. The van der Waals surface area contributed by atoms with Gasteiger partial charge in [0, 0.05) is 6.54 Å². The molecule has 7 heteroatoms. The highest BCUT2D eigenvalue weighted by Crippen LogP contribution is 2.26. The van der Waals surface area contributed by atoms with Gasteiger partial charge in [-0.1, -0.05) is 25.1 Å². The van der Waals surface area contributed by atoms with Crippen molar-refractivity contribution in [1.29, 1.82) is 5.26 Å². The van der Waals surface area contributed by atoms with Gasteiger partial charge in [-0.3, -0.25) is 14.2 Å². The largest absolute Gasteiger partial charge is 0.494 e. The Morgan fingerprint density at radius 2 is 2.15 bits per heavy atom. The van der Waals surface area contributed by atoms with Gasteiger partial charge in [0.2, 0.25) is 11.7 Å². The summed E-state index contributed by atoms with van der Waals surface area (Å²) >= 11 is 0. The maximum atomic E-state index is 13.9. The number of para-hydroxylation sites is 1. The number of nitrogens with zero attached hydrogens (tertiary/aromatic N) is 2. The van der Waals surface area contributed by atoms with Gasteiger partial charge < -0.3 is 9.84 Å². The SMILES string of the molecule is C=CCn1c(O)c(C(=O)C(CC)Oc2ccccc2F)c(C)c(C#N)c1=O. The van der Waals surface area contributed by atoms with Crippen LogP contribution in [0.15, 0.2) is 41.7 Å². The molecular weight excluding hydrogens is 351 g/mol. The summed E-state index contributed by atoms with van der Waals surface area (Å²) in [5, 5.41) is 19.8. The molecule has 0 aliphatic heterocycles. The van der Waals surface area contributed by atoms with Gasteiger partial charge >= 0.3 is 0 Å². The van der Waals surface area contributed by atoms with E-state index in [4.69, 9.17) is 4.74 Å². The lowest BCUT2D eigenvalue weighted by atomic mass is 9.97. The average Bonchev–Trinajstić information content (AvgIpc) is 2.64. The van der Waals surface area contributed by atoms with Crippen LogP contribution in [-0.2, 0) is 6.54 Å². The Bertz CT molecular complexity index is 989. The number of carbonyl (C=O) groups is 1. The molecule has 0 amide bonds. The molecule has 1 heterocycles. The van der Waals surface area contributed by atoms with E-state index in [2.05, 4.69) is 6.58 Å². The molecule has 2 rings (SSSR count). The highest BCUT2D eigenvalue weighted by Gasteiger charge is 2.29. The number of aromatic hydroxyl groups is 1. The van der Waals surface area contributed by atoms with Crippen molar-refractivity contribution < 1.29 is 19.0 Å². The number of ether oxygens (including phenoxy) is 1. The maximum Gasteiger partial charge on any atom is 0.271 e. The van der Waals surface area contributed by atoms with Crippen molar-refractivity contribution in [3.05, 3.63) is 69.8 Å². The molecule has 0 saturated heterocycles. The van der Waals surface area contributed by atoms with Crippen molar-refractivity contribution >= 4 is 5.78 Å². The molecule has 0 radical (unpaired) electrons. The average molecular weight is 370 g/mol. The number of aromatic nitrogens is 1. The molecule has 0 bridgehead atoms. The third-order valence-corrected chi connectivity index (χ3v) is 4.13. The zero-order valence-electron chi connectivity index (χ0n) is 15.0. The summed E-state index contributed by atoms with van der Waals surface area (Å²) in [6, 6.07) is 7.41. The van der Waals surface area contributed by atoms with E-state index in [1.54, 1.807) is 19.1 Å². The van der Waals surface area contributed by atoms with E-state index < -0.39 is 29.1 Å². The number of ketones is 1. The van der Waals surface area contributed by atoms with Crippen LogP contribution in [0.5, 0.6) is 11.6 Å². The van der Waals surface area contributed by atoms with Crippen LogP contribution in [0.25, 0.3) is 0 Å². The van der Waals surface area contributed by atoms with Gasteiger partial charge in [0.1, 0.15) is 11.6 Å². The van der Waals surface area contributed by atoms with Gasteiger partial charge in [-0.25, -0.2) is 4.39 Å². The van der Waals surface area contributed by atoms with Crippen LogP contribution in [-0.4, -0.2) is 21.6 Å². The molecule has 140 valence electrons. The van der Waals surface area contributed by atoms with Gasteiger partial charge in [0.05, 0.1) is 5.56 Å². The summed E-state index contributed by atoms with van der Waals surface area (Å²) in [4.78, 5) is 25.3. The summed E-state index contributed by atoms with van der Waals surface area (Å²) in [5.74, 6) is -1.95. The Kier molecular flexibility index (Phi) is 6.14. The number of pyridine rings is 1. The van der Waals surface area contributed by atoms with Crippen molar-refractivity contribution in [2.75, 3.05) is 0 Å². The number of carbonyl (C=O) groups excluding carboxylic acids is 1. The van der Waals surface area contributed by atoms with Crippen molar-refractivity contribution in [3.63, 3.8) is 0 Å². The minimum Gasteiger partial charge on any atom is -0.494 e. The Morgan fingerprint density at radius 3 is 2.70 bits per heavy atom. The van der Waals surface area contributed by atoms with Crippen molar-refractivity contribution in [3.8, 4) is 17.7 Å². The van der Waals surface area contributed by atoms with Gasteiger partial charge in [-0.05, 0) is 31.0 Å². The lowest BCUT2D eigenvalue weighted by Gasteiger charge is -2.20. The molecule has 27 heavy (non-hydrogen) atoms. The Balaban J connectivity index is 2.58. The van der Waals surface area contributed by atoms with Crippen molar-refractivity contribution in [1.82, 2.24) is 4.57 Å². The first-order valence-corrected chi connectivity index (χ1v) is 8.30. The van der Waals surface area contributed by atoms with Crippen molar-refractivity contribution in [2.45, 2.75) is 32.9 Å². The monoisotopic (exact) mass is 370 g/mol. The van der Waals surface area contributed by atoms with E-state index in [0.29, 0.717) is 0 Å². The van der Waals surface area contributed by atoms with E-state index >= 15 is 0 Å². The number of nitriles is 1. The fourth-order valence-electron chi connectivity index (χ4n) is 2.72. The fourth-order valence-corrected chi connectivity index (χ4v) is 2.72. The van der Waals surface area contributed by atoms with E-state index in [9.17, 15) is 24.3 Å². The van der Waals surface area contributed by atoms with Crippen LogP contribution in [0.4, 0.5) is 4.39 Å². The first-order chi connectivity index (χ1) is 12.9. The number of hydrogen-bond donors (Lipinski definition) is 1. The van der Waals surface area contributed by atoms with Crippen LogP contribution in [0, 0.1) is 24.1 Å². The highest BCUT2D eigenvalue weighted by atomic mass is 19.1. The van der Waals surface area contributed by atoms with Gasteiger partial charge in [-0.2, -0.15) is 5.26 Å². The number of Topliss-reactive ketones (excluding diaryl/α,β-unsaturated/α-hetero) is 1. The van der Waals surface area contributed by atoms with Gasteiger partial charge in [-0.15, -0.1) is 6.58 Å². The second-order valence-electron chi connectivity index (χ2n) is 5.82. The summed E-state index contributed by atoms with van der Waals surface area (Å²) in [7, 11) is 0. The molecule has 1 aromatic heterocycles. The molecule has 0 saturated carbocycles.